The van der Waals surface area contributed by atoms with Gasteiger partial charge >= 0.3 is 0 Å². The van der Waals surface area contributed by atoms with E-state index in [1.165, 1.54) is 5.56 Å². The Morgan fingerprint density at radius 1 is 1.39 bits per heavy atom. The van der Waals surface area contributed by atoms with Crippen molar-refractivity contribution in [2.45, 2.75) is 19.4 Å². The summed E-state index contributed by atoms with van der Waals surface area (Å²) in [5.41, 5.74) is 1.19. The van der Waals surface area contributed by atoms with Crippen molar-refractivity contribution < 1.29 is 4.79 Å². The van der Waals surface area contributed by atoms with Crippen LogP contribution in [0.3, 0.4) is 0 Å². The third kappa shape index (κ3) is 4.00. The molecule has 1 heterocycles. The molecule has 1 N–H and O–H groups in total. The van der Waals surface area contributed by atoms with E-state index in [0.717, 1.165) is 25.9 Å². The van der Waals surface area contributed by atoms with E-state index in [2.05, 4.69) is 17.4 Å². The summed E-state index contributed by atoms with van der Waals surface area (Å²) in [6.45, 7) is 2.58. The fourth-order valence-electron chi connectivity index (χ4n) is 2.31. The van der Waals surface area contributed by atoms with Gasteiger partial charge in [0.1, 0.15) is 0 Å². The van der Waals surface area contributed by atoms with Crippen molar-refractivity contribution in [2.24, 2.45) is 5.92 Å². The Hall–Kier alpha value is -1.06. The topological polar surface area (TPSA) is 32.3 Å². The zero-order chi connectivity index (χ0) is 12.1. The van der Waals surface area contributed by atoms with Crippen molar-refractivity contribution in [3.8, 4) is 0 Å². The van der Waals surface area contributed by atoms with Gasteiger partial charge in [0, 0.05) is 20.1 Å². The van der Waals surface area contributed by atoms with Gasteiger partial charge in [0.15, 0.2) is 0 Å². The molecule has 1 aromatic rings. The number of benzene rings is 1. The number of rotatable bonds is 3. The Morgan fingerprint density at radius 3 is 2.72 bits per heavy atom. The number of carbonyl (C=O) groups is 1. The largest absolute Gasteiger partial charge is 0.341 e. The lowest BCUT2D eigenvalue weighted by atomic mass is 9.98. The van der Waals surface area contributed by atoms with Crippen LogP contribution in [-0.4, -0.2) is 30.9 Å². The number of carbonyl (C=O) groups excluding carboxylic acids is 1. The first-order valence-electron chi connectivity index (χ1n) is 6.27. The summed E-state index contributed by atoms with van der Waals surface area (Å²) in [7, 11) is 1.89. The summed E-state index contributed by atoms with van der Waals surface area (Å²) in [5, 5.41) is 3.29. The fraction of sp³-hybridized carbons (Fsp3) is 0.500. The van der Waals surface area contributed by atoms with Gasteiger partial charge in [-0.25, -0.2) is 0 Å². The zero-order valence-corrected chi connectivity index (χ0v) is 11.6. The molecule has 0 aromatic heterocycles. The standard InChI is InChI=1S/C14H20N2O.ClH/c1-16(11-12-6-3-2-4-7-12)14(17)13-8-5-9-15-10-13;/h2-4,6-7,13,15H,5,8-11H2,1H3;1H/t13-;/m1./s1. The first-order valence-corrected chi connectivity index (χ1v) is 6.27. The van der Waals surface area contributed by atoms with Gasteiger partial charge < -0.3 is 10.2 Å². The molecule has 0 radical (unpaired) electrons. The third-order valence-electron chi connectivity index (χ3n) is 3.28. The van der Waals surface area contributed by atoms with Gasteiger partial charge in [-0.2, -0.15) is 0 Å². The summed E-state index contributed by atoms with van der Waals surface area (Å²) in [5.74, 6) is 0.429. The van der Waals surface area contributed by atoms with Crippen LogP contribution in [0.15, 0.2) is 30.3 Å². The number of nitrogens with zero attached hydrogens (tertiary/aromatic N) is 1. The Kier molecular flexibility index (Phi) is 6.16. The van der Waals surface area contributed by atoms with Crippen LogP contribution in [0.5, 0.6) is 0 Å². The molecule has 0 unspecified atom stereocenters. The zero-order valence-electron chi connectivity index (χ0n) is 10.8. The number of amides is 1. The summed E-state index contributed by atoms with van der Waals surface area (Å²) in [6.07, 6.45) is 2.13. The molecule has 1 aromatic carbocycles. The van der Waals surface area contributed by atoms with E-state index in [9.17, 15) is 4.79 Å². The van der Waals surface area contributed by atoms with E-state index >= 15 is 0 Å². The van der Waals surface area contributed by atoms with Gasteiger partial charge in [0.25, 0.3) is 0 Å². The lowest BCUT2D eigenvalue weighted by molar-refractivity contribution is -0.135. The van der Waals surface area contributed by atoms with E-state index < -0.39 is 0 Å². The maximum absolute atomic E-state index is 12.2. The van der Waals surface area contributed by atoms with Crippen LogP contribution in [0, 0.1) is 5.92 Å². The first kappa shape index (κ1) is 15.0. The second-order valence-corrected chi connectivity index (χ2v) is 4.72. The van der Waals surface area contributed by atoms with E-state index in [1.807, 2.05) is 30.1 Å². The van der Waals surface area contributed by atoms with Crippen LogP contribution in [0.1, 0.15) is 18.4 Å². The Morgan fingerprint density at radius 2 is 2.11 bits per heavy atom. The molecule has 1 aliphatic rings. The van der Waals surface area contributed by atoms with Crippen molar-refractivity contribution in [1.82, 2.24) is 10.2 Å². The van der Waals surface area contributed by atoms with Crippen molar-refractivity contribution in [1.29, 1.82) is 0 Å². The number of hydrogen-bond acceptors (Lipinski definition) is 2. The van der Waals surface area contributed by atoms with Crippen molar-refractivity contribution >= 4 is 18.3 Å². The van der Waals surface area contributed by atoms with Gasteiger partial charge in [-0.15, -0.1) is 12.4 Å². The Balaban J connectivity index is 0.00000162. The van der Waals surface area contributed by atoms with Crippen LogP contribution in [-0.2, 0) is 11.3 Å². The molecule has 0 aliphatic carbocycles. The highest BCUT2D eigenvalue weighted by molar-refractivity contribution is 5.85. The maximum atomic E-state index is 12.2. The summed E-state index contributed by atoms with van der Waals surface area (Å²) >= 11 is 0. The Bertz CT molecular complexity index is 363. The van der Waals surface area contributed by atoms with Crippen LogP contribution < -0.4 is 5.32 Å². The quantitative estimate of drug-likeness (QED) is 0.910. The van der Waals surface area contributed by atoms with Crippen LogP contribution in [0.2, 0.25) is 0 Å². The van der Waals surface area contributed by atoms with Crippen LogP contribution in [0.25, 0.3) is 0 Å². The Labute approximate surface area is 115 Å². The first-order chi connectivity index (χ1) is 8.27. The second-order valence-electron chi connectivity index (χ2n) is 4.72. The fourth-order valence-corrected chi connectivity index (χ4v) is 2.31. The highest BCUT2D eigenvalue weighted by Gasteiger charge is 2.23. The molecular formula is C14H21ClN2O. The lowest BCUT2D eigenvalue weighted by Crippen LogP contribution is -2.41. The highest BCUT2D eigenvalue weighted by atomic mass is 35.5. The molecule has 2 rings (SSSR count). The molecule has 0 spiro atoms. The SMILES string of the molecule is CN(Cc1ccccc1)C(=O)[C@@H]1CCCNC1.Cl. The number of piperidine rings is 1. The van der Waals surface area contributed by atoms with E-state index in [-0.39, 0.29) is 24.2 Å². The number of nitrogens with one attached hydrogen (secondary N) is 1. The molecule has 4 heteroatoms. The molecule has 0 saturated carbocycles. The predicted octanol–water partition coefficient (Wildman–Crippen LogP) is 2.07. The molecule has 18 heavy (non-hydrogen) atoms. The number of hydrogen-bond donors (Lipinski definition) is 1. The minimum Gasteiger partial charge on any atom is -0.341 e. The average molecular weight is 269 g/mol. The molecule has 1 amide bonds. The van der Waals surface area contributed by atoms with Gasteiger partial charge in [-0.3, -0.25) is 4.79 Å². The smallest absolute Gasteiger partial charge is 0.227 e. The van der Waals surface area contributed by atoms with Gasteiger partial charge in [0.05, 0.1) is 5.92 Å². The highest BCUT2D eigenvalue weighted by Crippen LogP contribution is 2.14. The molecule has 1 atom stereocenters. The van der Waals surface area contributed by atoms with E-state index in [4.69, 9.17) is 0 Å². The van der Waals surface area contributed by atoms with Crippen molar-refractivity contribution in [2.75, 3.05) is 20.1 Å². The monoisotopic (exact) mass is 268 g/mol. The third-order valence-corrected chi connectivity index (χ3v) is 3.28. The number of halogens is 1. The molecule has 1 saturated heterocycles. The summed E-state index contributed by atoms with van der Waals surface area (Å²) in [6, 6.07) is 10.1. The van der Waals surface area contributed by atoms with E-state index in [1.54, 1.807) is 0 Å². The summed E-state index contributed by atoms with van der Waals surface area (Å²) in [4.78, 5) is 14.0. The molecule has 1 aliphatic heterocycles. The minimum absolute atomic E-state index is 0. The lowest BCUT2D eigenvalue weighted by Gasteiger charge is -2.27. The normalized spacial score (nSPS) is 18.8. The maximum Gasteiger partial charge on any atom is 0.227 e. The minimum atomic E-state index is 0. The molecule has 0 bridgehead atoms. The van der Waals surface area contributed by atoms with Crippen molar-refractivity contribution in [3.63, 3.8) is 0 Å². The molecule has 1 fully saturated rings. The predicted molar refractivity (Wildman–Crippen MR) is 75.8 cm³/mol. The van der Waals surface area contributed by atoms with Gasteiger partial charge in [-0.1, -0.05) is 30.3 Å². The van der Waals surface area contributed by atoms with Gasteiger partial charge in [0.2, 0.25) is 5.91 Å². The van der Waals surface area contributed by atoms with Crippen LogP contribution in [0.4, 0.5) is 0 Å². The molecule has 3 nitrogen and oxygen atoms in total. The van der Waals surface area contributed by atoms with Crippen LogP contribution >= 0.6 is 12.4 Å². The van der Waals surface area contributed by atoms with Gasteiger partial charge in [-0.05, 0) is 24.9 Å². The molecular weight excluding hydrogens is 248 g/mol. The second kappa shape index (κ2) is 7.39. The summed E-state index contributed by atoms with van der Waals surface area (Å²) < 4.78 is 0. The average Bonchev–Trinajstić information content (AvgIpc) is 2.40. The van der Waals surface area contributed by atoms with Crippen molar-refractivity contribution in [3.05, 3.63) is 35.9 Å². The van der Waals surface area contributed by atoms with E-state index in [0.29, 0.717) is 6.54 Å². The molecule has 100 valence electrons.